The minimum atomic E-state index is -0.189. The van der Waals surface area contributed by atoms with E-state index in [1.165, 1.54) is 5.56 Å². The van der Waals surface area contributed by atoms with E-state index in [1.807, 2.05) is 6.92 Å². The Kier molecular flexibility index (Phi) is 6.80. The molecule has 2 unspecified atom stereocenters. The summed E-state index contributed by atoms with van der Waals surface area (Å²) in [7, 11) is 0. The second-order valence-corrected chi connectivity index (χ2v) is 9.64. The Labute approximate surface area is 148 Å². The average Bonchev–Trinajstić information content (AvgIpc) is 2.24. The molecular formula is C18H29NaO2. The predicted molar refractivity (Wildman–Crippen MR) is 89.9 cm³/mol. The number of rotatable bonds is 6. The predicted octanol–water partition coefficient (Wildman–Crippen LogP) is 4.66. The Morgan fingerprint density at radius 2 is 1.52 bits per heavy atom. The summed E-state index contributed by atoms with van der Waals surface area (Å²) in [5.41, 5.74) is 1.85. The molecule has 0 saturated heterocycles. The first-order valence-electron chi connectivity index (χ1n) is 7.92. The molecule has 0 N–H and O–H groups in total. The standard InChI is InChI=1S/C18H29O2.Na/c1-8-19-14(2)20-16-11-9-15(10-12-16)18(6,7)13-17(3,4)5;/h8-12,14H,13H2,1-7H3;. The maximum absolute atomic E-state index is 5.79. The molecule has 0 aromatic heterocycles. The van der Waals surface area contributed by atoms with Crippen LogP contribution in [0, 0.1) is 5.41 Å². The van der Waals surface area contributed by atoms with E-state index in [1.54, 1.807) is 0 Å². The Morgan fingerprint density at radius 3 is 1.95 bits per heavy atom. The van der Waals surface area contributed by atoms with Gasteiger partial charge >= 0.3 is 148 Å². The third-order valence-electron chi connectivity index (χ3n) is 3.37. The molecule has 0 spiro atoms. The van der Waals surface area contributed by atoms with Crippen LogP contribution in [0.15, 0.2) is 24.3 Å². The van der Waals surface area contributed by atoms with Crippen molar-refractivity contribution in [2.45, 2.75) is 69.9 Å². The molecule has 1 rings (SSSR count). The van der Waals surface area contributed by atoms with Crippen LogP contribution in [-0.4, -0.2) is 37.6 Å². The quantitative estimate of drug-likeness (QED) is 0.562. The summed E-state index contributed by atoms with van der Waals surface area (Å²) in [6, 6.07) is 8.46. The summed E-state index contributed by atoms with van der Waals surface area (Å²) >= 11 is 1.02. The van der Waals surface area contributed by atoms with Gasteiger partial charge in [-0.25, -0.2) is 0 Å². The monoisotopic (exact) mass is 300 g/mol. The van der Waals surface area contributed by atoms with Gasteiger partial charge in [-0.15, -0.1) is 0 Å². The van der Waals surface area contributed by atoms with Gasteiger partial charge in [-0.3, -0.25) is 0 Å². The van der Waals surface area contributed by atoms with E-state index in [0.717, 1.165) is 40.1 Å². The van der Waals surface area contributed by atoms with Crippen LogP contribution in [0.2, 0.25) is 0 Å². The van der Waals surface area contributed by atoms with E-state index >= 15 is 0 Å². The number of ether oxygens (including phenoxy) is 2. The van der Waals surface area contributed by atoms with Gasteiger partial charge in [0.2, 0.25) is 0 Å². The van der Waals surface area contributed by atoms with Gasteiger partial charge < -0.3 is 0 Å². The van der Waals surface area contributed by atoms with Crippen molar-refractivity contribution < 1.29 is 9.47 Å². The molecule has 0 amide bonds. The average molecular weight is 300 g/mol. The summed E-state index contributed by atoms with van der Waals surface area (Å²) in [4.78, 5) is 0. The third-order valence-corrected chi connectivity index (χ3v) is 3.65. The molecule has 21 heavy (non-hydrogen) atoms. The zero-order valence-corrected chi connectivity index (χ0v) is 17.0. The fourth-order valence-electron chi connectivity index (χ4n) is 3.02. The summed E-state index contributed by atoms with van der Waals surface area (Å²) in [5, 5.41) is 0. The molecular weight excluding hydrogens is 271 g/mol. The number of hydrogen-bond donors (Lipinski definition) is 0. The molecule has 0 fully saturated rings. The fourth-order valence-corrected chi connectivity index (χ4v) is 3.40. The first kappa shape index (κ1) is 19.0. The summed E-state index contributed by atoms with van der Waals surface area (Å²) in [5.74, 6) is 0.875. The zero-order valence-electron chi connectivity index (χ0n) is 15.0. The van der Waals surface area contributed by atoms with Gasteiger partial charge in [-0.2, -0.15) is 0 Å². The van der Waals surface area contributed by atoms with Crippen LogP contribution in [-0.2, 0) is 10.2 Å². The summed E-state index contributed by atoms with van der Waals surface area (Å²) in [6.07, 6.45) is 0.962. The van der Waals surface area contributed by atoms with Crippen molar-refractivity contribution >= 4 is 27.9 Å². The molecule has 0 bridgehead atoms. The van der Waals surface area contributed by atoms with E-state index in [2.05, 4.69) is 65.8 Å². The molecule has 114 valence electrons. The van der Waals surface area contributed by atoms with Gasteiger partial charge in [0.15, 0.2) is 0 Å². The summed E-state index contributed by atoms with van der Waals surface area (Å²) < 4.78 is 11.8. The molecule has 0 aliphatic rings. The van der Waals surface area contributed by atoms with Gasteiger partial charge in [-0.05, 0) is 0 Å². The van der Waals surface area contributed by atoms with E-state index in [4.69, 9.17) is 9.47 Å². The maximum atomic E-state index is 5.79. The van der Waals surface area contributed by atoms with E-state index in [9.17, 15) is 0 Å². The molecule has 1 aromatic carbocycles. The second kappa shape index (κ2) is 7.50. The van der Waals surface area contributed by atoms with Crippen molar-refractivity contribution in [2.75, 3.05) is 0 Å². The van der Waals surface area contributed by atoms with Crippen molar-refractivity contribution in [3.8, 4) is 5.75 Å². The first-order chi connectivity index (χ1) is 9.49. The molecule has 0 saturated carbocycles. The van der Waals surface area contributed by atoms with E-state index in [-0.39, 0.29) is 11.7 Å². The van der Waals surface area contributed by atoms with Crippen molar-refractivity contribution in [2.24, 2.45) is 5.41 Å². The molecule has 0 heterocycles. The van der Waals surface area contributed by atoms with Crippen LogP contribution < -0.4 is 4.74 Å². The van der Waals surface area contributed by atoms with Crippen molar-refractivity contribution in [3.05, 3.63) is 29.8 Å². The van der Waals surface area contributed by atoms with Crippen molar-refractivity contribution in [1.82, 2.24) is 0 Å². The zero-order chi connectivity index (χ0) is 16.3. The second-order valence-electron chi connectivity index (χ2n) is 8.02. The Hall–Kier alpha value is -0.0200. The normalized spacial score (nSPS) is 15.7. The van der Waals surface area contributed by atoms with Crippen LogP contribution in [0.5, 0.6) is 5.75 Å². The molecule has 0 radical (unpaired) electrons. The Balaban J connectivity index is 2.73. The van der Waals surface area contributed by atoms with Crippen LogP contribution in [0.1, 0.15) is 60.5 Å². The van der Waals surface area contributed by atoms with Gasteiger partial charge in [0.25, 0.3) is 0 Å². The van der Waals surface area contributed by atoms with Gasteiger partial charge in [-0.1, -0.05) is 0 Å². The van der Waals surface area contributed by atoms with E-state index < -0.39 is 0 Å². The SMILES string of the molecule is C[CH]([Na])OC(C)Oc1ccc(C(C)(C)CC(C)(C)C)cc1. The van der Waals surface area contributed by atoms with E-state index in [0.29, 0.717) is 8.77 Å². The van der Waals surface area contributed by atoms with Crippen LogP contribution in [0.3, 0.4) is 0 Å². The first-order valence-corrected chi connectivity index (χ1v) is 9.08. The molecule has 2 nitrogen and oxygen atoms in total. The number of hydrogen-bond acceptors (Lipinski definition) is 2. The van der Waals surface area contributed by atoms with Crippen molar-refractivity contribution in [1.29, 1.82) is 0 Å². The molecule has 3 heteroatoms. The molecule has 0 aliphatic carbocycles. The summed E-state index contributed by atoms with van der Waals surface area (Å²) in [6.45, 7) is 15.5. The van der Waals surface area contributed by atoms with Gasteiger partial charge in [0, 0.05) is 0 Å². The molecule has 1 aromatic rings. The molecule has 0 aliphatic heterocycles. The van der Waals surface area contributed by atoms with Crippen LogP contribution in [0.4, 0.5) is 0 Å². The van der Waals surface area contributed by atoms with Gasteiger partial charge in [0.05, 0.1) is 0 Å². The molecule has 2 atom stereocenters. The third kappa shape index (κ3) is 7.19. The van der Waals surface area contributed by atoms with Gasteiger partial charge in [0.1, 0.15) is 0 Å². The topological polar surface area (TPSA) is 18.5 Å². The Morgan fingerprint density at radius 1 is 1.00 bits per heavy atom. The number of benzene rings is 1. The van der Waals surface area contributed by atoms with Crippen molar-refractivity contribution in [3.63, 3.8) is 0 Å². The fraction of sp³-hybridized carbons (Fsp3) is 0.667. The van der Waals surface area contributed by atoms with Crippen LogP contribution >= 0.6 is 0 Å². The Bertz CT molecular complexity index is 430. The minimum absolute atomic E-state index is 0.169. The van der Waals surface area contributed by atoms with Crippen LogP contribution in [0.25, 0.3) is 0 Å².